The van der Waals surface area contributed by atoms with Gasteiger partial charge in [-0.05, 0) is 29.8 Å². The van der Waals surface area contributed by atoms with Crippen LogP contribution in [0.1, 0.15) is 11.1 Å². The van der Waals surface area contributed by atoms with Crippen LogP contribution in [0.15, 0.2) is 41.3 Å². The van der Waals surface area contributed by atoms with Crippen molar-refractivity contribution in [3.63, 3.8) is 0 Å². The predicted molar refractivity (Wildman–Crippen MR) is 88.6 cm³/mol. The van der Waals surface area contributed by atoms with Crippen LogP contribution in [0.3, 0.4) is 0 Å². The Labute approximate surface area is 160 Å². The number of cyclic esters (lactones) is 1. The second-order valence-electron chi connectivity index (χ2n) is 5.81. The molecule has 0 aliphatic carbocycles. The second kappa shape index (κ2) is 7.12. The molecule has 1 aliphatic rings. The maximum absolute atomic E-state index is 14.4. The van der Waals surface area contributed by atoms with Crippen LogP contribution < -0.4 is 9.88 Å². The number of carbonyl (C=O) groups excluding carboxylic acids is 1. The standard InChI is InChI=1S/C17H10F5NO5S/c18-12-6-14(29(23,25)26)13(19)5-10(12)11-7-27-16(24)15(11)8-1-3-9(4-2-8)28-17(20,21)22/h1-6H,7H2,(H2,23,25,26). The summed E-state index contributed by atoms with van der Waals surface area (Å²) in [5.74, 6) is -3.99. The maximum atomic E-state index is 14.4. The number of halogens is 5. The van der Waals surface area contributed by atoms with E-state index in [0.29, 0.717) is 12.1 Å². The van der Waals surface area contributed by atoms with E-state index in [-0.39, 0.29) is 16.7 Å². The van der Waals surface area contributed by atoms with E-state index in [1.54, 1.807) is 0 Å². The molecule has 29 heavy (non-hydrogen) atoms. The first-order valence-corrected chi connectivity index (χ1v) is 9.20. The lowest BCUT2D eigenvalue weighted by Gasteiger charge is -2.10. The normalized spacial score (nSPS) is 14.9. The number of nitrogens with two attached hydrogens (primary N) is 1. The van der Waals surface area contributed by atoms with E-state index in [1.165, 1.54) is 0 Å². The molecule has 0 radical (unpaired) electrons. The highest BCUT2D eigenvalue weighted by Gasteiger charge is 2.32. The molecule has 2 aromatic carbocycles. The molecule has 0 unspecified atom stereocenters. The lowest BCUT2D eigenvalue weighted by molar-refractivity contribution is -0.274. The predicted octanol–water partition coefficient (Wildman–Crippen LogP) is 2.98. The van der Waals surface area contributed by atoms with Crippen molar-refractivity contribution in [3.05, 3.63) is 59.2 Å². The third-order valence-electron chi connectivity index (χ3n) is 3.88. The summed E-state index contributed by atoms with van der Waals surface area (Å²) in [7, 11) is -4.53. The van der Waals surface area contributed by atoms with Crippen molar-refractivity contribution in [2.24, 2.45) is 5.14 Å². The number of hydrogen-bond acceptors (Lipinski definition) is 5. The monoisotopic (exact) mass is 435 g/mol. The molecule has 0 saturated carbocycles. The molecule has 1 aliphatic heterocycles. The fourth-order valence-electron chi connectivity index (χ4n) is 2.71. The number of esters is 1. The molecule has 0 amide bonds. The van der Waals surface area contributed by atoms with Gasteiger partial charge in [-0.2, -0.15) is 0 Å². The van der Waals surface area contributed by atoms with Crippen molar-refractivity contribution in [1.82, 2.24) is 0 Å². The van der Waals surface area contributed by atoms with Gasteiger partial charge in [0.1, 0.15) is 28.9 Å². The zero-order valence-electron chi connectivity index (χ0n) is 14.1. The largest absolute Gasteiger partial charge is 0.573 e. The fraction of sp³-hybridized carbons (Fsp3) is 0.118. The Morgan fingerprint density at radius 3 is 2.21 bits per heavy atom. The summed E-state index contributed by atoms with van der Waals surface area (Å²) in [5, 5.41) is 4.81. The minimum Gasteiger partial charge on any atom is -0.457 e. The Hall–Kier alpha value is -2.99. The van der Waals surface area contributed by atoms with Gasteiger partial charge in [0, 0.05) is 11.1 Å². The number of ether oxygens (including phenoxy) is 2. The molecule has 0 spiro atoms. The SMILES string of the molecule is NS(=O)(=O)c1cc(F)c(C2=C(c3ccc(OC(F)(F)F)cc3)C(=O)OC2)cc1F. The Morgan fingerprint density at radius 1 is 1.03 bits per heavy atom. The van der Waals surface area contributed by atoms with Crippen LogP contribution in [0, 0.1) is 11.6 Å². The van der Waals surface area contributed by atoms with Crippen LogP contribution >= 0.6 is 0 Å². The molecule has 2 aromatic rings. The van der Waals surface area contributed by atoms with Crippen molar-refractivity contribution in [2.45, 2.75) is 11.3 Å². The average Bonchev–Trinajstić information content (AvgIpc) is 2.96. The van der Waals surface area contributed by atoms with Crippen molar-refractivity contribution < 1.29 is 44.6 Å². The molecule has 6 nitrogen and oxygen atoms in total. The number of primary sulfonamides is 1. The summed E-state index contributed by atoms with van der Waals surface area (Å²) in [4.78, 5) is 11.0. The van der Waals surface area contributed by atoms with Crippen molar-refractivity contribution >= 4 is 27.1 Å². The highest BCUT2D eigenvalue weighted by atomic mass is 32.2. The third kappa shape index (κ3) is 4.38. The van der Waals surface area contributed by atoms with Gasteiger partial charge in [0.2, 0.25) is 10.0 Å². The minimum absolute atomic E-state index is 0.0624. The molecule has 12 heteroatoms. The molecule has 3 rings (SSSR count). The van der Waals surface area contributed by atoms with Gasteiger partial charge < -0.3 is 9.47 Å². The van der Waals surface area contributed by atoms with E-state index < -0.39 is 56.8 Å². The summed E-state index contributed by atoms with van der Waals surface area (Å²) >= 11 is 0. The number of rotatable bonds is 4. The molecule has 0 bridgehead atoms. The quantitative estimate of drug-likeness (QED) is 0.589. The average molecular weight is 435 g/mol. The number of carbonyl (C=O) groups is 1. The van der Waals surface area contributed by atoms with Gasteiger partial charge in [0.05, 0.1) is 5.57 Å². The zero-order valence-corrected chi connectivity index (χ0v) is 14.9. The fourth-order valence-corrected chi connectivity index (χ4v) is 3.31. The highest BCUT2D eigenvalue weighted by Crippen LogP contribution is 2.36. The smallest absolute Gasteiger partial charge is 0.457 e. The number of alkyl halides is 3. The number of benzene rings is 2. The molecule has 0 saturated heterocycles. The molecule has 0 fully saturated rings. The molecule has 0 atom stereocenters. The van der Waals surface area contributed by atoms with Gasteiger partial charge in [-0.1, -0.05) is 12.1 Å². The van der Waals surface area contributed by atoms with Crippen molar-refractivity contribution in [2.75, 3.05) is 6.61 Å². The van der Waals surface area contributed by atoms with E-state index in [9.17, 15) is 35.2 Å². The first-order valence-electron chi connectivity index (χ1n) is 7.65. The van der Waals surface area contributed by atoms with Crippen LogP contribution in [0.2, 0.25) is 0 Å². The van der Waals surface area contributed by atoms with E-state index in [1.807, 2.05) is 0 Å². The topological polar surface area (TPSA) is 95.7 Å². The second-order valence-corrected chi connectivity index (χ2v) is 7.34. The summed E-state index contributed by atoms with van der Waals surface area (Å²) in [6, 6.07) is 4.99. The Kier molecular flexibility index (Phi) is 5.09. The van der Waals surface area contributed by atoms with Gasteiger partial charge in [-0.15, -0.1) is 13.2 Å². The Bertz CT molecular complexity index is 1120. The zero-order chi connectivity index (χ0) is 21.6. The van der Waals surface area contributed by atoms with E-state index in [0.717, 1.165) is 24.3 Å². The van der Waals surface area contributed by atoms with Gasteiger partial charge in [-0.3, -0.25) is 0 Å². The van der Waals surface area contributed by atoms with Crippen molar-refractivity contribution in [3.8, 4) is 5.75 Å². The maximum Gasteiger partial charge on any atom is 0.573 e. The molecular weight excluding hydrogens is 425 g/mol. The molecule has 154 valence electrons. The summed E-state index contributed by atoms with van der Waals surface area (Å²) in [6.45, 7) is -0.458. The third-order valence-corrected chi connectivity index (χ3v) is 4.81. The summed E-state index contributed by atoms with van der Waals surface area (Å²) < 4.78 is 96.5. The first kappa shape index (κ1) is 20.7. The first-order chi connectivity index (χ1) is 13.4. The van der Waals surface area contributed by atoms with E-state index >= 15 is 0 Å². The van der Waals surface area contributed by atoms with Crippen LogP contribution in [-0.4, -0.2) is 27.4 Å². The van der Waals surface area contributed by atoms with E-state index in [2.05, 4.69) is 4.74 Å². The molecular formula is C17H10F5NO5S. The highest BCUT2D eigenvalue weighted by molar-refractivity contribution is 7.89. The van der Waals surface area contributed by atoms with Gasteiger partial charge in [0.25, 0.3) is 0 Å². The van der Waals surface area contributed by atoms with Crippen molar-refractivity contribution in [1.29, 1.82) is 0 Å². The summed E-state index contributed by atoms with van der Waals surface area (Å²) in [5.41, 5.74) is -0.721. The van der Waals surface area contributed by atoms with E-state index in [4.69, 9.17) is 9.88 Å². The summed E-state index contributed by atoms with van der Waals surface area (Å²) in [6.07, 6.45) is -4.91. The van der Waals surface area contributed by atoms with Crippen LogP contribution in [0.5, 0.6) is 5.75 Å². The van der Waals surface area contributed by atoms with Crippen LogP contribution in [-0.2, 0) is 19.6 Å². The molecule has 2 N–H and O–H groups in total. The van der Waals surface area contributed by atoms with Crippen LogP contribution in [0.4, 0.5) is 22.0 Å². The number of sulfonamides is 1. The van der Waals surface area contributed by atoms with Gasteiger partial charge in [-0.25, -0.2) is 27.1 Å². The molecule has 1 heterocycles. The van der Waals surface area contributed by atoms with Crippen LogP contribution in [0.25, 0.3) is 11.1 Å². The lowest BCUT2D eigenvalue weighted by Crippen LogP contribution is -2.17. The Balaban J connectivity index is 2.09. The molecule has 0 aromatic heterocycles. The van der Waals surface area contributed by atoms with Gasteiger partial charge >= 0.3 is 12.3 Å². The minimum atomic E-state index is -4.91. The van der Waals surface area contributed by atoms with Gasteiger partial charge in [0.15, 0.2) is 0 Å². The Morgan fingerprint density at radius 2 is 1.66 bits per heavy atom. The number of hydrogen-bond donors (Lipinski definition) is 1. The lowest BCUT2D eigenvalue weighted by atomic mass is 9.96.